The molecular formula is C21H24N4O4S. The van der Waals surface area contributed by atoms with Crippen LogP contribution in [-0.4, -0.2) is 44.6 Å². The molecule has 1 amide bonds. The maximum Gasteiger partial charge on any atom is 0.255 e. The van der Waals surface area contributed by atoms with E-state index in [0.717, 1.165) is 29.7 Å². The number of rotatable bonds is 8. The average molecular weight is 429 g/mol. The standard InChI is InChI=1S/C21H24N4O4S/c1-29-11-10-22-30(27,28)17-7-3-6-15(12-17)21(26)23-16-8-9-18-19(13-16)25-20(24-18)14-4-2-5-14/h3,6-9,12-14,22H,2,4-5,10-11H2,1H3,(H,23,26)(H,24,25). The number of imidazole rings is 1. The number of methoxy groups -OCH3 is 1. The number of aromatic amines is 1. The van der Waals surface area contributed by atoms with Crippen LogP contribution < -0.4 is 10.0 Å². The van der Waals surface area contributed by atoms with Crippen LogP contribution in [0.4, 0.5) is 5.69 Å². The van der Waals surface area contributed by atoms with E-state index in [9.17, 15) is 13.2 Å². The zero-order valence-electron chi connectivity index (χ0n) is 16.6. The third-order valence-electron chi connectivity index (χ3n) is 5.25. The van der Waals surface area contributed by atoms with E-state index < -0.39 is 10.0 Å². The molecule has 1 fully saturated rings. The first-order valence-corrected chi connectivity index (χ1v) is 11.3. The van der Waals surface area contributed by atoms with Crippen LogP contribution in [0, 0.1) is 0 Å². The zero-order valence-corrected chi connectivity index (χ0v) is 17.5. The van der Waals surface area contributed by atoms with Gasteiger partial charge in [-0.15, -0.1) is 0 Å². The molecule has 1 saturated carbocycles. The lowest BCUT2D eigenvalue weighted by Gasteiger charge is -2.22. The molecule has 0 unspecified atom stereocenters. The Morgan fingerprint density at radius 3 is 2.80 bits per heavy atom. The van der Waals surface area contributed by atoms with Crippen LogP contribution in [0.1, 0.15) is 41.4 Å². The van der Waals surface area contributed by atoms with E-state index >= 15 is 0 Å². The largest absolute Gasteiger partial charge is 0.383 e. The van der Waals surface area contributed by atoms with Crippen molar-refractivity contribution in [1.82, 2.24) is 14.7 Å². The van der Waals surface area contributed by atoms with Gasteiger partial charge in [-0.05, 0) is 49.2 Å². The third kappa shape index (κ3) is 4.38. The molecule has 2 aromatic carbocycles. The fourth-order valence-corrected chi connectivity index (χ4v) is 4.41. The quantitative estimate of drug-likeness (QED) is 0.477. The number of anilines is 1. The van der Waals surface area contributed by atoms with Crippen LogP contribution in [0.15, 0.2) is 47.4 Å². The summed E-state index contributed by atoms with van der Waals surface area (Å²) < 4.78 is 32.0. The summed E-state index contributed by atoms with van der Waals surface area (Å²) >= 11 is 0. The van der Waals surface area contributed by atoms with Crippen LogP contribution in [0.3, 0.4) is 0 Å². The summed E-state index contributed by atoms with van der Waals surface area (Å²) in [6.07, 6.45) is 3.55. The SMILES string of the molecule is COCCNS(=O)(=O)c1cccc(C(=O)Nc2ccc3nc(C4CCC4)[nH]c3c2)c1. The van der Waals surface area contributed by atoms with Gasteiger partial charge in [-0.2, -0.15) is 0 Å². The molecule has 1 heterocycles. The lowest BCUT2D eigenvalue weighted by Crippen LogP contribution is -2.27. The van der Waals surface area contributed by atoms with Crippen LogP contribution in [0.5, 0.6) is 0 Å². The monoisotopic (exact) mass is 428 g/mol. The molecule has 9 heteroatoms. The molecule has 0 radical (unpaired) electrons. The van der Waals surface area contributed by atoms with Crippen molar-refractivity contribution in [2.24, 2.45) is 0 Å². The Morgan fingerprint density at radius 2 is 2.07 bits per heavy atom. The molecule has 0 bridgehead atoms. The molecule has 0 spiro atoms. The predicted molar refractivity (Wildman–Crippen MR) is 114 cm³/mol. The highest BCUT2D eigenvalue weighted by molar-refractivity contribution is 7.89. The van der Waals surface area contributed by atoms with Crippen molar-refractivity contribution in [1.29, 1.82) is 0 Å². The van der Waals surface area contributed by atoms with Gasteiger partial charge in [0.05, 0.1) is 22.5 Å². The number of nitrogens with zero attached hydrogens (tertiary/aromatic N) is 1. The van der Waals surface area contributed by atoms with E-state index in [1.807, 2.05) is 12.1 Å². The fraction of sp³-hybridized carbons (Fsp3) is 0.333. The van der Waals surface area contributed by atoms with Gasteiger partial charge in [0.1, 0.15) is 5.82 Å². The second-order valence-electron chi connectivity index (χ2n) is 7.35. The van der Waals surface area contributed by atoms with Gasteiger partial charge < -0.3 is 15.0 Å². The van der Waals surface area contributed by atoms with Gasteiger partial charge in [0, 0.05) is 30.8 Å². The number of nitrogens with one attached hydrogen (secondary N) is 3. The maximum absolute atomic E-state index is 12.7. The summed E-state index contributed by atoms with van der Waals surface area (Å²) in [5.41, 5.74) is 2.60. The molecule has 0 atom stereocenters. The molecule has 0 aliphatic heterocycles. The highest BCUT2D eigenvalue weighted by Crippen LogP contribution is 2.35. The number of benzene rings is 2. The summed E-state index contributed by atoms with van der Waals surface area (Å²) in [5, 5.41) is 2.83. The first-order chi connectivity index (χ1) is 14.5. The number of carbonyl (C=O) groups is 1. The number of aromatic nitrogens is 2. The van der Waals surface area contributed by atoms with Crippen molar-refractivity contribution >= 4 is 32.7 Å². The zero-order chi connectivity index (χ0) is 21.1. The molecule has 3 aromatic rings. The van der Waals surface area contributed by atoms with Crippen LogP contribution in [0.25, 0.3) is 11.0 Å². The van der Waals surface area contributed by atoms with Crippen LogP contribution >= 0.6 is 0 Å². The van der Waals surface area contributed by atoms with E-state index in [4.69, 9.17) is 4.74 Å². The Bertz CT molecular complexity index is 1170. The number of hydrogen-bond acceptors (Lipinski definition) is 5. The minimum atomic E-state index is -3.72. The summed E-state index contributed by atoms with van der Waals surface area (Å²) in [6, 6.07) is 11.4. The number of ether oxygens (including phenoxy) is 1. The molecule has 4 rings (SSSR count). The Hall–Kier alpha value is -2.75. The number of carbonyl (C=O) groups excluding carboxylic acids is 1. The van der Waals surface area contributed by atoms with Gasteiger partial charge in [-0.3, -0.25) is 4.79 Å². The van der Waals surface area contributed by atoms with Gasteiger partial charge in [0.25, 0.3) is 5.91 Å². The van der Waals surface area contributed by atoms with Gasteiger partial charge in [-0.1, -0.05) is 12.5 Å². The van der Waals surface area contributed by atoms with Gasteiger partial charge in [-0.25, -0.2) is 18.1 Å². The first kappa shape index (κ1) is 20.5. The minimum absolute atomic E-state index is 0.0282. The van der Waals surface area contributed by atoms with Gasteiger partial charge in [0.15, 0.2) is 0 Å². The molecule has 1 aromatic heterocycles. The van der Waals surface area contributed by atoms with Crippen molar-refractivity contribution in [3.8, 4) is 0 Å². The lowest BCUT2D eigenvalue weighted by molar-refractivity contribution is 0.102. The Labute approximate surface area is 175 Å². The van der Waals surface area contributed by atoms with Crippen molar-refractivity contribution < 1.29 is 17.9 Å². The highest BCUT2D eigenvalue weighted by Gasteiger charge is 2.22. The van der Waals surface area contributed by atoms with Crippen LogP contribution in [0.2, 0.25) is 0 Å². The summed E-state index contributed by atoms with van der Waals surface area (Å²) in [6.45, 7) is 0.417. The first-order valence-electron chi connectivity index (χ1n) is 9.86. The molecule has 30 heavy (non-hydrogen) atoms. The van der Waals surface area contributed by atoms with E-state index in [2.05, 4.69) is 20.0 Å². The number of H-pyrrole nitrogens is 1. The fourth-order valence-electron chi connectivity index (χ4n) is 3.35. The molecule has 1 aliphatic rings. The summed E-state index contributed by atoms with van der Waals surface area (Å²) in [7, 11) is -2.22. The van der Waals surface area contributed by atoms with Gasteiger partial charge >= 0.3 is 0 Å². The minimum Gasteiger partial charge on any atom is -0.383 e. The number of hydrogen-bond donors (Lipinski definition) is 3. The predicted octanol–water partition coefficient (Wildman–Crippen LogP) is 3.01. The smallest absolute Gasteiger partial charge is 0.255 e. The summed E-state index contributed by atoms with van der Waals surface area (Å²) in [5.74, 6) is 1.11. The normalized spacial score (nSPS) is 14.6. The molecule has 0 saturated heterocycles. The average Bonchev–Trinajstić information content (AvgIpc) is 3.09. The van der Waals surface area contributed by atoms with Crippen molar-refractivity contribution in [3.05, 3.63) is 53.9 Å². The van der Waals surface area contributed by atoms with Crippen molar-refractivity contribution in [2.75, 3.05) is 25.6 Å². The second-order valence-corrected chi connectivity index (χ2v) is 9.12. The maximum atomic E-state index is 12.7. The lowest BCUT2D eigenvalue weighted by atomic mass is 9.85. The van der Waals surface area contributed by atoms with E-state index in [1.165, 1.54) is 25.7 Å². The third-order valence-corrected chi connectivity index (χ3v) is 6.71. The van der Waals surface area contributed by atoms with Crippen LogP contribution in [-0.2, 0) is 14.8 Å². The van der Waals surface area contributed by atoms with E-state index in [-0.39, 0.29) is 29.5 Å². The van der Waals surface area contributed by atoms with Crippen molar-refractivity contribution in [2.45, 2.75) is 30.1 Å². The second kappa shape index (κ2) is 8.55. The Balaban J connectivity index is 1.49. The Kier molecular flexibility index (Phi) is 5.85. The van der Waals surface area contributed by atoms with E-state index in [1.54, 1.807) is 18.2 Å². The molecule has 3 N–H and O–H groups in total. The number of fused-ring (bicyclic) bond motifs is 1. The topological polar surface area (TPSA) is 113 Å². The molecule has 158 valence electrons. The van der Waals surface area contributed by atoms with Crippen molar-refractivity contribution in [3.63, 3.8) is 0 Å². The molecule has 1 aliphatic carbocycles. The highest BCUT2D eigenvalue weighted by atomic mass is 32.2. The summed E-state index contributed by atoms with van der Waals surface area (Å²) in [4.78, 5) is 20.7. The van der Waals surface area contributed by atoms with Gasteiger partial charge in [0.2, 0.25) is 10.0 Å². The Morgan fingerprint density at radius 1 is 1.23 bits per heavy atom. The molecular weight excluding hydrogens is 404 g/mol. The number of sulfonamides is 1. The van der Waals surface area contributed by atoms with E-state index in [0.29, 0.717) is 11.6 Å². The molecule has 8 nitrogen and oxygen atoms in total. The number of amides is 1.